The third kappa shape index (κ3) is 5.50. The van der Waals surface area contributed by atoms with Gasteiger partial charge in [-0.25, -0.2) is 19.7 Å². The number of hydrogen-bond acceptors (Lipinski definition) is 9. The second kappa shape index (κ2) is 11.4. The van der Waals surface area contributed by atoms with E-state index in [0.29, 0.717) is 36.4 Å². The number of fused-ring (bicyclic) bond motifs is 1. The lowest BCUT2D eigenvalue weighted by atomic mass is 9.91. The molecule has 1 N–H and O–H groups in total. The van der Waals surface area contributed by atoms with E-state index in [2.05, 4.69) is 44.5 Å². The number of ether oxygens (including phenoxy) is 3. The standard InChI is InChI=1S/C28H29N5O5/c1-18(34)37-16-21-13-14-23(38-21)33-17-30-24-25(31-26(28(35)36-2)32-27(24)33)29-15-22(19-9-5-3-6-10-19)20-11-7-4-8-12-20/h3-12,17,21-23H,13-16H2,1-2H3,(H,29,31,32). The Morgan fingerprint density at radius 1 is 1.05 bits per heavy atom. The molecule has 0 saturated carbocycles. The van der Waals surface area contributed by atoms with Gasteiger partial charge in [0.05, 0.1) is 19.5 Å². The molecule has 0 spiro atoms. The fraction of sp³-hybridized carbons (Fsp3) is 0.321. The van der Waals surface area contributed by atoms with E-state index < -0.39 is 5.97 Å². The van der Waals surface area contributed by atoms with Crippen molar-refractivity contribution in [1.29, 1.82) is 0 Å². The molecule has 5 rings (SSSR count). The lowest BCUT2D eigenvalue weighted by Gasteiger charge is -2.19. The zero-order valence-corrected chi connectivity index (χ0v) is 21.2. The van der Waals surface area contributed by atoms with Gasteiger partial charge in [-0.1, -0.05) is 60.7 Å². The predicted molar refractivity (Wildman–Crippen MR) is 140 cm³/mol. The highest BCUT2D eigenvalue weighted by atomic mass is 16.6. The van der Waals surface area contributed by atoms with Gasteiger partial charge < -0.3 is 19.5 Å². The average molecular weight is 516 g/mol. The van der Waals surface area contributed by atoms with Crippen LogP contribution in [0.3, 0.4) is 0 Å². The minimum Gasteiger partial charge on any atom is -0.463 e. The van der Waals surface area contributed by atoms with Gasteiger partial charge in [0, 0.05) is 19.4 Å². The molecule has 10 nitrogen and oxygen atoms in total. The largest absolute Gasteiger partial charge is 0.463 e. The first kappa shape index (κ1) is 25.3. The molecule has 2 aromatic heterocycles. The van der Waals surface area contributed by atoms with E-state index in [0.717, 1.165) is 11.1 Å². The summed E-state index contributed by atoms with van der Waals surface area (Å²) in [6, 6.07) is 20.4. The van der Waals surface area contributed by atoms with Gasteiger partial charge in [-0.3, -0.25) is 9.36 Å². The Morgan fingerprint density at radius 2 is 1.74 bits per heavy atom. The summed E-state index contributed by atoms with van der Waals surface area (Å²) in [5.41, 5.74) is 3.27. The Kier molecular flexibility index (Phi) is 7.60. The highest BCUT2D eigenvalue weighted by molar-refractivity contribution is 5.91. The van der Waals surface area contributed by atoms with Crippen LogP contribution in [0.2, 0.25) is 0 Å². The van der Waals surface area contributed by atoms with Crippen molar-refractivity contribution in [2.45, 2.75) is 38.0 Å². The lowest BCUT2D eigenvalue weighted by Crippen LogP contribution is -2.19. The lowest BCUT2D eigenvalue weighted by molar-refractivity contribution is -0.145. The molecule has 3 heterocycles. The quantitative estimate of drug-likeness (QED) is 0.329. The number of benzene rings is 2. The second-order valence-electron chi connectivity index (χ2n) is 9.06. The molecule has 0 radical (unpaired) electrons. The fourth-order valence-corrected chi connectivity index (χ4v) is 4.65. The van der Waals surface area contributed by atoms with Crippen molar-refractivity contribution in [2.75, 3.05) is 25.6 Å². The summed E-state index contributed by atoms with van der Waals surface area (Å²) in [6.45, 7) is 2.07. The van der Waals surface area contributed by atoms with Gasteiger partial charge in [-0.2, -0.15) is 0 Å². The molecule has 2 unspecified atom stereocenters. The van der Waals surface area contributed by atoms with Crippen LogP contribution in [0.4, 0.5) is 5.82 Å². The number of rotatable bonds is 9. The molecule has 1 saturated heterocycles. The van der Waals surface area contributed by atoms with Crippen LogP contribution in [0.25, 0.3) is 11.2 Å². The van der Waals surface area contributed by atoms with Crippen molar-refractivity contribution < 1.29 is 23.8 Å². The van der Waals surface area contributed by atoms with E-state index in [-0.39, 0.29) is 36.7 Å². The number of anilines is 1. The third-order valence-corrected chi connectivity index (χ3v) is 6.53. The van der Waals surface area contributed by atoms with E-state index in [1.165, 1.54) is 14.0 Å². The fourth-order valence-electron chi connectivity index (χ4n) is 4.65. The number of esters is 2. The molecular formula is C28H29N5O5. The Bertz CT molecular complexity index is 1370. The van der Waals surface area contributed by atoms with Crippen LogP contribution in [0, 0.1) is 0 Å². The minimum atomic E-state index is -0.648. The van der Waals surface area contributed by atoms with Crippen LogP contribution in [0.15, 0.2) is 67.0 Å². The first-order chi connectivity index (χ1) is 18.5. The molecule has 38 heavy (non-hydrogen) atoms. The van der Waals surface area contributed by atoms with Crippen molar-refractivity contribution in [3.63, 3.8) is 0 Å². The maximum absolute atomic E-state index is 12.5. The summed E-state index contributed by atoms with van der Waals surface area (Å²) < 4.78 is 17.9. The maximum atomic E-state index is 12.5. The highest BCUT2D eigenvalue weighted by Crippen LogP contribution is 2.32. The molecular weight excluding hydrogens is 486 g/mol. The number of imidazole rings is 1. The summed E-state index contributed by atoms with van der Waals surface area (Å²) >= 11 is 0. The van der Waals surface area contributed by atoms with E-state index in [1.807, 2.05) is 36.4 Å². The smallest absolute Gasteiger partial charge is 0.376 e. The van der Waals surface area contributed by atoms with E-state index in [9.17, 15) is 9.59 Å². The zero-order chi connectivity index (χ0) is 26.5. The van der Waals surface area contributed by atoms with Gasteiger partial charge in [0.1, 0.15) is 12.8 Å². The number of aromatic nitrogens is 4. The van der Waals surface area contributed by atoms with Crippen molar-refractivity contribution in [3.8, 4) is 0 Å². The van der Waals surface area contributed by atoms with Gasteiger partial charge in [-0.15, -0.1) is 0 Å². The van der Waals surface area contributed by atoms with Crippen LogP contribution in [0.5, 0.6) is 0 Å². The Morgan fingerprint density at radius 3 is 2.37 bits per heavy atom. The molecule has 2 atom stereocenters. The number of nitrogens with one attached hydrogen (secondary N) is 1. The monoisotopic (exact) mass is 515 g/mol. The van der Waals surface area contributed by atoms with E-state index in [1.54, 1.807) is 10.9 Å². The predicted octanol–water partition coefficient (Wildman–Crippen LogP) is 4.10. The Balaban J connectivity index is 1.45. The van der Waals surface area contributed by atoms with Crippen LogP contribution in [-0.2, 0) is 19.0 Å². The number of nitrogens with zero attached hydrogens (tertiary/aromatic N) is 4. The summed E-state index contributed by atoms with van der Waals surface area (Å²) in [4.78, 5) is 37.1. The first-order valence-corrected chi connectivity index (χ1v) is 12.5. The number of methoxy groups -OCH3 is 1. The summed E-state index contributed by atoms with van der Waals surface area (Å²) in [5, 5.41) is 3.42. The van der Waals surface area contributed by atoms with Crippen LogP contribution in [-0.4, -0.2) is 57.8 Å². The molecule has 1 aliphatic rings. The minimum absolute atomic E-state index is 0.0336. The topological polar surface area (TPSA) is 117 Å². The van der Waals surface area contributed by atoms with Crippen LogP contribution < -0.4 is 5.32 Å². The molecule has 4 aromatic rings. The molecule has 0 amide bonds. The summed E-state index contributed by atoms with van der Waals surface area (Å²) in [7, 11) is 1.29. The van der Waals surface area contributed by atoms with E-state index in [4.69, 9.17) is 14.2 Å². The number of carbonyl (C=O) groups excluding carboxylic acids is 2. The van der Waals surface area contributed by atoms with Gasteiger partial charge in [0.25, 0.3) is 0 Å². The van der Waals surface area contributed by atoms with Crippen molar-refractivity contribution >= 4 is 28.9 Å². The number of carbonyl (C=O) groups is 2. The SMILES string of the molecule is COC(=O)c1nc(NCC(c2ccccc2)c2ccccc2)c2ncn(C3CCC(COC(C)=O)O3)c2n1. The van der Waals surface area contributed by atoms with Crippen molar-refractivity contribution in [3.05, 3.63) is 83.9 Å². The molecule has 1 aliphatic heterocycles. The molecule has 0 aliphatic carbocycles. The van der Waals surface area contributed by atoms with Crippen molar-refractivity contribution in [2.24, 2.45) is 0 Å². The van der Waals surface area contributed by atoms with Gasteiger partial charge in [-0.05, 0) is 24.0 Å². The van der Waals surface area contributed by atoms with Gasteiger partial charge in [0.2, 0.25) is 5.82 Å². The molecule has 196 valence electrons. The molecule has 0 bridgehead atoms. The zero-order valence-electron chi connectivity index (χ0n) is 21.2. The Labute approximate surface area is 220 Å². The molecule has 1 fully saturated rings. The maximum Gasteiger partial charge on any atom is 0.376 e. The van der Waals surface area contributed by atoms with E-state index >= 15 is 0 Å². The molecule has 2 aromatic carbocycles. The third-order valence-electron chi connectivity index (χ3n) is 6.53. The summed E-state index contributed by atoms with van der Waals surface area (Å²) in [5.74, 6) is -0.604. The van der Waals surface area contributed by atoms with Gasteiger partial charge in [0.15, 0.2) is 17.0 Å². The van der Waals surface area contributed by atoms with Crippen LogP contribution in [0.1, 0.15) is 53.7 Å². The number of hydrogen-bond donors (Lipinski definition) is 1. The second-order valence-corrected chi connectivity index (χ2v) is 9.06. The normalized spacial score (nSPS) is 17.0. The summed E-state index contributed by atoms with van der Waals surface area (Å²) in [6.07, 6.45) is 2.44. The first-order valence-electron chi connectivity index (χ1n) is 12.5. The highest BCUT2D eigenvalue weighted by Gasteiger charge is 2.30. The Hall–Kier alpha value is -4.31. The average Bonchev–Trinajstić information content (AvgIpc) is 3.59. The van der Waals surface area contributed by atoms with Crippen molar-refractivity contribution in [1.82, 2.24) is 19.5 Å². The van der Waals surface area contributed by atoms with Gasteiger partial charge >= 0.3 is 11.9 Å². The molecule has 10 heteroatoms. The van der Waals surface area contributed by atoms with Crippen LogP contribution >= 0.6 is 0 Å².